The van der Waals surface area contributed by atoms with Crippen molar-refractivity contribution >= 4 is 23.2 Å². The lowest BCUT2D eigenvalue weighted by Crippen LogP contribution is -3.16. The maximum Gasteiger partial charge on any atom is 0.293 e. The third-order valence-electron chi connectivity index (χ3n) is 3.35. The molecule has 0 spiro atoms. The summed E-state index contributed by atoms with van der Waals surface area (Å²) in [6, 6.07) is 0. The molecule has 2 heterocycles. The number of amides is 2. The third kappa shape index (κ3) is 5.36. The number of hydrogen-bond donors (Lipinski definition) is 3. The number of nitrogens with one attached hydrogen (secondary N) is 3. The van der Waals surface area contributed by atoms with Crippen molar-refractivity contribution in [2.24, 2.45) is 0 Å². The summed E-state index contributed by atoms with van der Waals surface area (Å²) in [6.45, 7) is 7.81. The Hall–Kier alpha value is -1.51. The van der Waals surface area contributed by atoms with Crippen molar-refractivity contribution in [3.05, 3.63) is 16.1 Å². The van der Waals surface area contributed by atoms with Crippen molar-refractivity contribution in [2.75, 3.05) is 19.6 Å². The van der Waals surface area contributed by atoms with Gasteiger partial charge in [0.25, 0.3) is 5.91 Å². The molecule has 1 aromatic heterocycles. The van der Waals surface area contributed by atoms with Crippen LogP contribution in [0.4, 0.5) is 0 Å². The highest BCUT2D eigenvalue weighted by Gasteiger charge is 2.27. The van der Waals surface area contributed by atoms with Gasteiger partial charge in [0.2, 0.25) is 5.91 Å². The maximum absolute atomic E-state index is 11.9. The molecule has 1 aliphatic heterocycles. The molecule has 22 heavy (non-hydrogen) atoms. The van der Waals surface area contributed by atoms with Gasteiger partial charge in [0, 0.05) is 11.1 Å². The number of hydrazine groups is 1. The Kier molecular flexibility index (Phi) is 5.87. The first-order valence-electron chi connectivity index (χ1n) is 7.40. The van der Waals surface area contributed by atoms with E-state index in [0.717, 1.165) is 28.7 Å². The minimum Gasteiger partial charge on any atom is -0.364 e. The first-order valence-corrected chi connectivity index (χ1v) is 8.28. The fraction of sp³-hybridized carbons (Fsp3) is 0.643. The van der Waals surface area contributed by atoms with Gasteiger partial charge in [-0.2, -0.15) is 0 Å². The highest BCUT2D eigenvalue weighted by molar-refractivity contribution is 7.09. The van der Waals surface area contributed by atoms with Crippen LogP contribution in [0.3, 0.4) is 0 Å². The summed E-state index contributed by atoms with van der Waals surface area (Å²) < 4.78 is 5.64. The van der Waals surface area contributed by atoms with Crippen molar-refractivity contribution in [3.8, 4) is 0 Å². The van der Waals surface area contributed by atoms with Crippen LogP contribution >= 0.6 is 11.3 Å². The van der Waals surface area contributed by atoms with Crippen LogP contribution < -0.4 is 15.8 Å². The third-order valence-corrected chi connectivity index (χ3v) is 4.31. The molecule has 2 amide bonds. The van der Waals surface area contributed by atoms with Gasteiger partial charge in [-0.25, -0.2) is 4.98 Å². The lowest BCUT2D eigenvalue weighted by Gasteiger charge is -2.31. The number of carbonyl (C=O) groups is 2. The Morgan fingerprint density at radius 2 is 1.95 bits per heavy atom. The van der Waals surface area contributed by atoms with E-state index in [4.69, 9.17) is 4.74 Å². The maximum atomic E-state index is 11.9. The summed E-state index contributed by atoms with van der Waals surface area (Å²) in [5, 5.41) is 2.64. The van der Waals surface area contributed by atoms with E-state index in [1.54, 1.807) is 0 Å². The van der Waals surface area contributed by atoms with Gasteiger partial charge in [-0.1, -0.05) is 0 Å². The van der Waals surface area contributed by atoms with Crippen molar-refractivity contribution in [1.82, 2.24) is 15.8 Å². The SMILES string of the molecule is Cc1csc(CC(=O)NNC(=O)C[NH+]2C[C@H](C)O[C@@H](C)C2)n1. The van der Waals surface area contributed by atoms with Crippen LogP contribution in [-0.4, -0.2) is 48.6 Å². The van der Waals surface area contributed by atoms with E-state index in [2.05, 4.69) is 15.8 Å². The summed E-state index contributed by atoms with van der Waals surface area (Å²) in [4.78, 5) is 29.0. The Labute approximate surface area is 134 Å². The Bertz CT molecular complexity index is 524. The highest BCUT2D eigenvalue weighted by atomic mass is 32.1. The second-order valence-electron chi connectivity index (χ2n) is 5.75. The predicted molar refractivity (Wildman–Crippen MR) is 82.4 cm³/mol. The van der Waals surface area contributed by atoms with Crippen LogP contribution in [0.5, 0.6) is 0 Å². The summed E-state index contributed by atoms with van der Waals surface area (Å²) >= 11 is 1.44. The molecule has 2 atom stereocenters. The normalized spacial score (nSPS) is 24.8. The molecule has 1 fully saturated rings. The molecule has 8 heteroatoms. The molecule has 3 N–H and O–H groups in total. The number of ether oxygens (including phenoxy) is 1. The van der Waals surface area contributed by atoms with E-state index >= 15 is 0 Å². The van der Waals surface area contributed by atoms with Crippen molar-refractivity contribution < 1.29 is 19.2 Å². The molecule has 0 saturated carbocycles. The lowest BCUT2D eigenvalue weighted by atomic mass is 10.2. The molecular formula is C14H23N4O3S+. The van der Waals surface area contributed by atoms with Gasteiger partial charge in [-0.15, -0.1) is 11.3 Å². The molecule has 0 radical (unpaired) electrons. The van der Waals surface area contributed by atoms with Gasteiger partial charge >= 0.3 is 0 Å². The van der Waals surface area contributed by atoms with Crippen LogP contribution in [0.25, 0.3) is 0 Å². The van der Waals surface area contributed by atoms with Crippen molar-refractivity contribution in [1.29, 1.82) is 0 Å². The van der Waals surface area contributed by atoms with Gasteiger partial charge in [-0.05, 0) is 20.8 Å². The van der Waals surface area contributed by atoms with Crippen LogP contribution in [0.2, 0.25) is 0 Å². The number of aryl methyl sites for hydroxylation is 1. The van der Waals surface area contributed by atoms with Crippen LogP contribution in [0.15, 0.2) is 5.38 Å². The molecule has 1 aliphatic rings. The van der Waals surface area contributed by atoms with Crippen LogP contribution in [-0.2, 0) is 20.7 Å². The number of quaternary nitrogens is 1. The number of rotatable bonds is 4. The average molecular weight is 327 g/mol. The standard InChI is InChI=1S/C14H22N4O3S/c1-9-8-22-14(15-9)4-12(19)16-17-13(20)7-18-5-10(2)21-11(3)6-18/h8,10-11H,4-7H2,1-3H3,(H,16,19)(H,17,20)/p+1/t10-,11-/m0/s1. The molecule has 1 saturated heterocycles. The fourth-order valence-corrected chi connectivity index (χ4v) is 3.38. The van der Waals surface area contributed by atoms with E-state index in [1.807, 2.05) is 26.2 Å². The summed E-state index contributed by atoms with van der Waals surface area (Å²) in [6.07, 6.45) is 0.473. The quantitative estimate of drug-likeness (QED) is 0.609. The molecule has 0 aliphatic carbocycles. The minimum absolute atomic E-state index is 0.147. The molecule has 7 nitrogen and oxygen atoms in total. The zero-order valence-electron chi connectivity index (χ0n) is 13.1. The molecule has 122 valence electrons. The second kappa shape index (κ2) is 7.66. The smallest absolute Gasteiger partial charge is 0.293 e. The van der Waals surface area contributed by atoms with Crippen LogP contribution in [0.1, 0.15) is 24.5 Å². The number of morpholine rings is 1. The molecule has 0 bridgehead atoms. The van der Waals surface area contributed by atoms with Gasteiger partial charge in [0.05, 0.1) is 6.42 Å². The summed E-state index contributed by atoms with van der Waals surface area (Å²) in [5.41, 5.74) is 5.80. The monoisotopic (exact) mass is 327 g/mol. The number of hydrogen-bond acceptors (Lipinski definition) is 5. The average Bonchev–Trinajstić information content (AvgIpc) is 2.80. The van der Waals surface area contributed by atoms with Gasteiger partial charge in [-0.3, -0.25) is 20.4 Å². The van der Waals surface area contributed by atoms with E-state index in [-0.39, 0.29) is 30.4 Å². The number of carbonyl (C=O) groups excluding carboxylic acids is 2. The van der Waals surface area contributed by atoms with E-state index in [0.29, 0.717) is 6.54 Å². The van der Waals surface area contributed by atoms with Crippen LogP contribution in [0, 0.1) is 6.92 Å². The topological polar surface area (TPSA) is 84.8 Å². The first-order chi connectivity index (χ1) is 10.4. The molecule has 2 rings (SSSR count). The molecule has 0 unspecified atom stereocenters. The zero-order chi connectivity index (χ0) is 16.1. The Balaban J connectivity index is 1.69. The van der Waals surface area contributed by atoms with Gasteiger partial charge in [0.1, 0.15) is 30.3 Å². The molecule has 1 aromatic rings. The van der Waals surface area contributed by atoms with E-state index < -0.39 is 0 Å². The van der Waals surface area contributed by atoms with Gasteiger partial charge in [0.15, 0.2) is 6.54 Å². The Morgan fingerprint density at radius 3 is 2.55 bits per heavy atom. The molecular weight excluding hydrogens is 304 g/mol. The summed E-state index contributed by atoms with van der Waals surface area (Å²) in [5.74, 6) is -0.457. The predicted octanol–water partition coefficient (Wildman–Crippen LogP) is -1.17. The summed E-state index contributed by atoms with van der Waals surface area (Å²) in [7, 11) is 0. The van der Waals surface area contributed by atoms with Crippen molar-refractivity contribution in [2.45, 2.75) is 39.4 Å². The van der Waals surface area contributed by atoms with E-state index in [9.17, 15) is 9.59 Å². The highest BCUT2D eigenvalue weighted by Crippen LogP contribution is 2.08. The number of nitrogens with zero attached hydrogens (tertiary/aromatic N) is 1. The Morgan fingerprint density at radius 1 is 1.32 bits per heavy atom. The number of thiazole rings is 1. The largest absolute Gasteiger partial charge is 0.364 e. The fourth-order valence-electron chi connectivity index (χ4n) is 2.61. The van der Waals surface area contributed by atoms with Crippen molar-refractivity contribution in [3.63, 3.8) is 0 Å². The van der Waals surface area contributed by atoms with E-state index in [1.165, 1.54) is 11.3 Å². The zero-order valence-corrected chi connectivity index (χ0v) is 14.0. The second-order valence-corrected chi connectivity index (χ2v) is 6.69. The minimum atomic E-state index is -0.263. The molecule has 0 aromatic carbocycles. The first kappa shape index (κ1) is 16.9. The number of aromatic nitrogens is 1. The van der Waals surface area contributed by atoms with Gasteiger partial charge < -0.3 is 9.64 Å². The lowest BCUT2D eigenvalue weighted by molar-refractivity contribution is -0.907.